The highest BCUT2D eigenvalue weighted by atomic mass is 32.2. The summed E-state index contributed by atoms with van der Waals surface area (Å²) in [6, 6.07) is 19.1. The molecule has 0 spiro atoms. The van der Waals surface area contributed by atoms with Gasteiger partial charge in [0.1, 0.15) is 5.75 Å². The number of benzene rings is 3. The van der Waals surface area contributed by atoms with Gasteiger partial charge in [-0.2, -0.15) is 0 Å². The fraction of sp³-hybridized carbons (Fsp3) is 0.174. The minimum Gasteiger partial charge on any atom is -0.495 e. The van der Waals surface area contributed by atoms with Gasteiger partial charge >= 0.3 is 0 Å². The second-order valence-electron chi connectivity index (χ2n) is 7.14. The van der Waals surface area contributed by atoms with Crippen LogP contribution >= 0.6 is 0 Å². The number of hydrogen-bond acceptors (Lipinski definition) is 4. The summed E-state index contributed by atoms with van der Waals surface area (Å²) >= 11 is 0. The van der Waals surface area contributed by atoms with Gasteiger partial charge < -0.3 is 10.1 Å². The number of amides is 1. The van der Waals surface area contributed by atoms with E-state index in [1.54, 1.807) is 18.2 Å². The quantitative estimate of drug-likeness (QED) is 0.674. The molecule has 4 rings (SSSR count). The number of fused-ring (bicyclic) bond motifs is 1. The molecule has 0 saturated carbocycles. The number of sulfonamides is 1. The molecule has 0 bridgehead atoms. The molecule has 0 atom stereocenters. The third-order valence-electron chi connectivity index (χ3n) is 5.17. The van der Waals surface area contributed by atoms with E-state index in [9.17, 15) is 13.2 Å². The van der Waals surface area contributed by atoms with Gasteiger partial charge in [-0.05, 0) is 55.3 Å². The Balaban J connectivity index is 1.67. The van der Waals surface area contributed by atoms with Gasteiger partial charge in [-0.3, -0.25) is 9.10 Å². The van der Waals surface area contributed by atoms with Gasteiger partial charge in [-0.25, -0.2) is 8.42 Å². The van der Waals surface area contributed by atoms with Crippen molar-refractivity contribution in [1.29, 1.82) is 0 Å². The number of carbonyl (C=O) groups is 1. The zero-order chi connectivity index (χ0) is 21.3. The van der Waals surface area contributed by atoms with Crippen molar-refractivity contribution in [3.05, 3.63) is 83.4 Å². The second kappa shape index (κ2) is 7.84. The number of rotatable bonds is 5. The van der Waals surface area contributed by atoms with Crippen molar-refractivity contribution < 1.29 is 17.9 Å². The molecular weight excluding hydrogens is 400 g/mol. The van der Waals surface area contributed by atoms with Crippen LogP contribution in [0.4, 0.5) is 11.4 Å². The van der Waals surface area contributed by atoms with E-state index in [1.165, 1.54) is 23.5 Å². The summed E-state index contributed by atoms with van der Waals surface area (Å²) in [7, 11) is -2.31. The van der Waals surface area contributed by atoms with Crippen molar-refractivity contribution in [3.63, 3.8) is 0 Å². The van der Waals surface area contributed by atoms with Crippen molar-refractivity contribution in [2.45, 2.75) is 18.2 Å². The fourth-order valence-electron chi connectivity index (χ4n) is 3.53. The number of para-hydroxylation sites is 1. The Hall–Kier alpha value is -3.32. The Bertz CT molecular complexity index is 1200. The summed E-state index contributed by atoms with van der Waals surface area (Å²) in [5, 5.41) is 2.77. The van der Waals surface area contributed by atoms with Crippen LogP contribution < -0.4 is 14.4 Å². The monoisotopic (exact) mass is 422 g/mol. The predicted octanol–water partition coefficient (Wildman–Crippen LogP) is 4.01. The summed E-state index contributed by atoms with van der Waals surface area (Å²) in [6.07, 6.45) is 0.669. The second-order valence-corrected chi connectivity index (χ2v) is 9.00. The first-order valence-corrected chi connectivity index (χ1v) is 11.0. The molecular formula is C23H22N2O4S. The number of nitrogens with one attached hydrogen (secondary N) is 1. The standard InChI is InChI=1S/C23H22N2O4S/c1-16-7-9-18(10-8-16)23(26)24-20-15-19(11-12-22(20)29-2)30(27,28)25-14-13-17-5-3-4-6-21(17)25/h3-12,15H,13-14H2,1-2H3,(H,24,26). The Morgan fingerprint density at radius 3 is 2.50 bits per heavy atom. The number of hydrogen-bond donors (Lipinski definition) is 1. The molecule has 154 valence electrons. The lowest BCUT2D eigenvalue weighted by Gasteiger charge is -2.20. The van der Waals surface area contributed by atoms with Crippen molar-refractivity contribution in [3.8, 4) is 5.75 Å². The van der Waals surface area contributed by atoms with E-state index in [-0.39, 0.29) is 10.8 Å². The van der Waals surface area contributed by atoms with Crippen LogP contribution in [0.2, 0.25) is 0 Å². The molecule has 3 aromatic rings. The lowest BCUT2D eigenvalue weighted by molar-refractivity contribution is 0.102. The van der Waals surface area contributed by atoms with E-state index in [0.29, 0.717) is 35.7 Å². The molecule has 0 unspecified atom stereocenters. The largest absolute Gasteiger partial charge is 0.495 e. The van der Waals surface area contributed by atoms with Gasteiger partial charge in [0.05, 0.1) is 23.4 Å². The van der Waals surface area contributed by atoms with Crippen molar-refractivity contribution in [2.24, 2.45) is 0 Å². The summed E-state index contributed by atoms with van der Waals surface area (Å²) in [5.74, 6) is 0.0469. The molecule has 0 fully saturated rings. The number of carbonyl (C=O) groups excluding carboxylic acids is 1. The third-order valence-corrected chi connectivity index (χ3v) is 6.97. The Morgan fingerprint density at radius 2 is 1.77 bits per heavy atom. The molecule has 0 saturated heterocycles. The molecule has 0 radical (unpaired) electrons. The summed E-state index contributed by atoms with van der Waals surface area (Å²) in [6.45, 7) is 2.33. The third kappa shape index (κ3) is 3.64. The van der Waals surface area contributed by atoms with Crippen LogP contribution in [-0.4, -0.2) is 28.0 Å². The predicted molar refractivity (Wildman–Crippen MR) is 117 cm³/mol. The van der Waals surface area contributed by atoms with E-state index in [1.807, 2.05) is 43.3 Å². The fourth-order valence-corrected chi connectivity index (χ4v) is 5.06. The maximum Gasteiger partial charge on any atom is 0.264 e. The van der Waals surface area contributed by atoms with E-state index in [0.717, 1.165) is 11.1 Å². The number of ether oxygens (including phenoxy) is 1. The van der Waals surface area contributed by atoms with Crippen LogP contribution in [0.15, 0.2) is 71.6 Å². The molecule has 0 aliphatic carbocycles. The van der Waals surface area contributed by atoms with Crippen LogP contribution in [0.1, 0.15) is 21.5 Å². The molecule has 3 aromatic carbocycles. The van der Waals surface area contributed by atoms with Gasteiger partial charge in [0.25, 0.3) is 15.9 Å². The van der Waals surface area contributed by atoms with Gasteiger partial charge in [-0.1, -0.05) is 35.9 Å². The van der Waals surface area contributed by atoms with E-state index in [2.05, 4.69) is 5.32 Å². The van der Waals surface area contributed by atoms with Crippen LogP contribution in [0, 0.1) is 6.92 Å². The maximum absolute atomic E-state index is 13.3. The minimum absolute atomic E-state index is 0.0965. The number of aryl methyl sites for hydroxylation is 1. The summed E-state index contributed by atoms with van der Waals surface area (Å²) in [4.78, 5) is 12.7. The molecule has 1 aliphatic rings. The van der Waals surface area contributed by atoms with Gasteiger partial charge in [0.15, 0.2) is 0 Å². The molecule has 1 N–H and O–H groups in total. The summed E-state index contributed by atoms with van der Waals surface area (Å²) in [5.41, 5.74) is 3.52. The van der Waals surface area contributed by atoms with E-state index in [4.69, 9.17) is 4.74 Å². The van der Waals surface area contributed by atoms with Gasteiger partial charge in [0, 0.05) is 12.1 Å². The van der Waals surface area contributed by atoms with Crippen molar-refractivity contribution >= 4 is 27.3 Å². The highest BCUT2D eigenvalue weighted by Gasteiger charge is 2.31. The molecule has 1 aliphatic heterocycles. The first-order valence-electron chi connectivity index (χ1n) is 9.57. The molecule has 0 aromatic heterocycles. The van der Waals surface area contributed by atoms with Gasteiger partial charge in [-0.15, -0.1) is 0 Å². The molecule has 1 amide bonds. The van der Waals surface area contributed by atoms with Crippen LogP contribution in [0.5, 0.6) is 5.75 Å². The van der Waals surface area contributed by atoms with Crippen molar-refractivity contribution in [2.75, 3.05) is 23.3 Å². The minimum atomic E-state index is -3.78. The lowest BCUT2D eigenvalue weighted by atomic mass is 10.1. The first-order chi connectivity index (χ1) is 14.4. The normalized spacial score (nSPS) is 13.1. The number of anilines is 2. The van der Waals surface area contributed by atoms with Crippen molar-refractivity contribution in [1.82, 2.24) is 0 Å². The average molecular weight is 423 g/mol. The lowest BCUT2D eigenvalue weighted by Crippen LogP contribution is -2.29. The molecule has 1 heterocycles. The Labute approximate surface area is 176 Å². The van der Waals surface area contributed by atoms with Crippen LogP contribution in [-0.2, 0) is 16.4 Å². The maximum atomic E-state index is 13.3. The van der Waals surface area contributed by atoms with Crippen LogP contribution in [0.25, 0.3) is 0 Å². The zero-order valence-electron chi connectivity index (χ0n) is 16.8. The smallest absolute Gasteiger partial charge is 0.264 e. The SMILES string of the molecule is COc1ccc(S(=O)(=O)N2CCc3ccccc32)cc1NC(=O)c1ccc(C)cc1. The summed E-state index contributed by atoms with van der Waals surface area (Å²) < 4.78 is 33.4. The topological polar surface area (TPSA) is 75.7 Å². The van der Waals surface area contributed by atoms with Crippen LogP contribution in [0.3, 0.4) is 0 Å². The first kappa shape index (κ1) is 20.0. The average Bonchev–Trinajstić information content (AvgIpc) is 3.19. The molecule has 7 heteroatoms. The number of nitrogens with zero attached hydrogens (tertiary/aromatic N) is 1. The van der Waals surface area contributed by atoms with Gasteiger partial charge in [0.2, 0.25) is 0 Å². The van der Waals surface area contributed by atoms with E-state index < -0.39 is 10.0 Å². The molecule has 30 heavy (non-hydrogen) atoms. The highest BCUT2D eigenvalue weighted by molar-refractivity contribution is 7.92. The zero-order valence-corrected chi connectivity index (χ0v) is 17.6. The van der Waals surface area contributed by atoms with E-state index >= 15 is 0 Å². The Kier molecular flexibility index (Phi) is 5.22. The molecule has 6 nitrogen and oxygen atoms in total. The Morgan fingerprint density at radius 1 is 1.03 bits per heavy atom. The highest BCUT2D eigenvalue weighted by Crippen LogP contribution is 2.35. The number of methoxy groups -OCH3 is 1.